The van der Waals surface area contributed by atoms with Gasteiger partial charge in [0.25, 0.3) is 0 Å². The van der Waals surface area contributed by atoms with Gasteiger partial charge in [0.2, 0.25) is 0 Å². The van der Waals surface area contributed by atoms with E-state index < -0.39 is 0 Å². The van der Waals surface area contributed by atoms with Crippen LogP contribution in [0.3, 0.4) is 0 Å². The molecule has 26 heavy (non-hydrogen) atoms. The van der Waals surface area contributed by atoms with Crippen molar-refractivity contribution in [1.29, 1.82) is 0 Å². The maximum absolute atomic E-state index is 5.98. The molecule has 0 bridgehead atoms. The van der Waals surface area contributed by atoms with Gasteiger partial charge in [-0.3, -0.25) is 4.99 Å². The van der Waals surface area contributed by atoms with Crippen LogP contribution in [0.5, 0.6) is 0 Å². The lowest BCUT2D eigenvalue weighted by atomic mass is 10.1. The van der Waals surface area contributed by atoms with Crippen LogP contribution in [-0.2, 0) is 6.54 Å². The summed E-state index contributed by atoms with van der Waals surface area (Å²) in [6, 6.07) is 24.7. The molecule has 0 fully saturated rings. The highest BCUT2D eigenvalue weighted by Gasteiger charge is 2.07. The minimum Gasteiger partial charge on any atom is -0.456 e. The third-order valence-electron chi connectivity index (χ3n) is 4.35. The zero-order valence-corrected chi connectivity index (χ0v) is 14.6. The molecule has 3 heteroatoms. The van der Waals surface area contributed by atoms with Crippen LogP contribution in [0, 0.1) is 0 Å². The first-order valence-corrected chi connectivity index (χ1v) is 8.69. The number of rotatable bonds is 5. The van der Waals surface area contributed by atoms with Crippen LogP contribution >= 0.6 is 0 Å². The third kappa shape index (κ3) is 3.24. The van der Waals surface area contributed by atoms with E-state index in [-0.39, 0.29) is 0 Å². The summed E-state index contributed by atoms with van der Waals surface area (Å²) in [7, 11) is 1.88. The highest BCUT2D eigenvalue weighted by atomic mass is 16.3. The van der Waals surface area contributed by atoms with Gasteiger partial charge in [0.05, 0.1) is 12.3 Å². The summed E-state index contributed by atoms with van der Waals surface area (Å²) < 4.78 is 5.98. The van der Waals surface area contributed by atoms with Gasteiger partial charge < -0.3 is 9.73 Å². The molecule has 0 atom stereocenters. The van der Waals surface area contributed by atoms with E-state index in [0.29, 0.717) is 6.54 Å². The van der Waals surface area contributed by atoms with Crippen molar-refractivity contribution in [2.45, 2.75) is 6.54 Å². The molecule has 0 aliphatic heterocycles. The van der Waals surface area contributed by atoms with Crippen LogP contribution in [-0.4, -0.2) is 12.8 Å². The van der Waals surface area contributed by atoms with Gasteiger partial charge in [-0.1, -0.05) is 60.7 Å². The second-order valence-electron chi connectivity index (χ2n) is 6.12. The van der Waals surface area contributed by atoms with Gasteiger partial charge in [-0.15, -0.1) is 0 Å². The predicted molar refractivity (Wildman–Crippen MR) is 109 cm³/mol. The molecular formula is C23H20N2O. The lowest BCUT2D eigenvalue weighted by Gasteiger charge is -2.03. The molecule has 128 valence electrons. The Morgan fingerprint density at radius 1 is 0.923 bits per heavy atom. The molecule has 0 saturated heterocycles. The Labute approximate surface area is 152 Å². The van der Waals surface area contributed by atoms with Crippen molar-refractivity contribution in [3.63, 3.8) is 0 Å². The fourth-order valence-electron chi connectivity index (χ4n) is 3.06. The zero-order valence-electron chi connectivity index (χ0n) is 14.6. The topological polar surface area (TPSA) is 37.5 Å². The van der Waals surface area contributed by atoms with Gasteiger partial charge in [0.15, 0.2) is 0 Å². The number of nitrogens with zero attached hydrogens (tertiary/aromatic N) is 1. The number of hydrogen-bond acceptors (Lipinski definition) is 3. The van der Waals surface area contributed by atoms with Crippen LogP contribution in [0.15, 0.2) is 94.5 Å². The average molecular weight is 340 g/mol. The number of fused-ring (bicyclic) bond motifs is 3. The molecule has 0 radical (unpaired) electrons. The predicted octanol–water partition coefficient (Wildman–Crippen LogP) is 5.31. The van der Waals surface area contributed by atoms with Gasteiger partial charge in [-0.2, -0.15) is 0 Å². The molecule has 0 aliphatic carbocycles. The molecule has 0 unspecified atom stereocenters. The second kappa shape index (κ2) is 7.28. The molecule has 0 amide bonds. The zero-order chi connectivity index (χ0) is 17.8. The molecule has 0 spiro atoms. The van der Waals surface area contributed by atoms with E-state index in [1.165, 1.54) is 0 Å². The molecule has 0 saturated carbocycles. The highest BCUT2D eigenvalue weighted by Crippen LogP contribution is 2.29. The number of benzene rings is 3. The van der Waals surface area contributed by atoms with Gasteiger partial charge in [-0.05, 0) is 35.5 Å². The molecule has 4 rings (SSSR count). The van der Waals surface area contributed by atoms with Gasteiger partial charge in [-0.25, -0.2) is 0 Å². The first-order valence-electron chi connectivity index (χ1n) is 8.69. The minimum atomic E-state index is 0.602. The maximum Gasteiger partial charge on any atom is 0.135 e. The summed E-state index contributed by atoms with van der Waals surface area (Å²) in [5.41, 5.74) is 5.01. The smallest absolute Gasteiger partial charge is 0.135 e. The van der Waals surface area contributed by atoms with Crippen molar-refractivity contribution < 1.29 is 4.42 Å². The van der Waals surface area contributed by atoms with Crippen molar-refractivity contribution >= 4 is 27.7 Å². The van der Waals surface area contributed by atoms with Crippen molar-refractivity contribution in [2.24, 2.45) is 4.99 Å². The summed E-state index contributed by atoms with van der Waals surface area (Å²) in [5.74, 6) is 0. The van der Waals surface area contributed by atoms with Crippen molar-refractivity contribution in [3.8, 4) is 0 Å². The highest BCUT2D eigenvalue weighted by molar-refractivity contribution is 6.08. The van der Waals surface area contributed by atoms with E-state index in [2.05, 4.69) is 41.7 Å². The SMILES string of the molecule is CN/C=C\C(=N/Cc1ccc2c(c1)oc1ccccc12)c1ccccc1. The van der Waals surface area contributed by atoms with E-state index in [0.717, 1.165) is 38.8 Å². The molecule has 3 nitrogen and oxygen atoms in total. The average Bonchev–Trinajstić information content (AvgIpc) is 3.06. The van der Waals surface area contributed by atoms with Crippen molar-refractivity contribution in [2.75, 3.05) is 7.05 Å². The summed E-state index contributed by atoms with van der Waals surface area (Å²) in [6.07, 6.45) is 3.89. The molecule has 1 N–H and O–H groups in total. The monoisotopic (exact) mass is 340 g/mol. The van der Waals surface area contributed by atoms with Gasteiger partial charge >= 0.3 is 0 Å². The normalized spacial score (nSPS) is 12.3. The molecule has 1 aromatic heterocycles. The van der Waals surface area contributed by atoms with Gasteiger partial charge in [0, 0.05) is 17.8 Å². The van der Waals surface area contributed by atoms with Crippen LogP contribution in [0.4, 0.5) is 0 Å². The Bertz CT molecular complexity index is 1090. The number of aliphatic imine (C=N–C) groups is 1. The van der Waals surface area contributed by atoms with Gasteiger partial charge in [0.1, 0.15) is 11.2 Å². The number of furan rings is 1. The fourth-order valence-corrected chi connectivity index (χ4v) is 3.06. The Kier molecular flexibility index (Phi) is 4.52. The Morgan fingerprint density at radius 3 is 2.54 bits per heavy atom. The fraction of sp³-hybridized carbons (Fsp3) is 0.0870. The quantitative estimate of drug-likeness (QED) is 0.500. The van der Waals surface area contributed by atoms with Crippen LogP contribution in [0.2, 0.25) is 0 Å². The number of hydrogen-bond donors (Lipinski definition) is 1. The largest absolute Gasteiger partial charge is 0.456 e. The molecular weight excluding hydrogens is 320 g/mol. The first kappa shape index (κ1) is 16.2. The summed E-state index contributed by atoms with van der Waals surface area (Å²) in [6.45, 7) is 0.602. The lowest BCUT2D eigenvalue weighted by molar-refractivity contribution is 0.668. The molecule has 1 heterocycles. The Morgan fingerprint density at radius 2 is 1.69 bits per heavy atom. The van der Waals surface area contributed by atoms with E-state index in [9.17, 15) is 0 Å². The molecule has 3 aromatic carbocycles. The Hall–Kier alpha value is -3.33. The van der Waals surface area contributed by atoms with E-state index >= 15 is 0 Å². The van der Waals surface area contributed by atoms with E-state index in [4.69, 9.17) is 9.41 Å². The maximum atomic E-state index is 5.98. The summed E-state index contributed by atoms with van der Waals surface area (Å²) in [5, 5.41) is 5.33. The van der Waals surface area contributed by atoms with Crippen LogP contribution < -0.4 is 5.32 Å². The van der Waals surface area contributed by atoms with E-state index in [1.807, 2.05) is 55.7 Å². The second-order valence-corrected chi connectivity index (χ2v) is 6.12. The van der Waals surface area contributed by atoms with Crippen molar-refractivity contribution in [1.82, 2.24) is 5.32 Å². The number of para-hydroxylation sites is 1. The van der Waals surface area contributed by atoms with Crippen LogP contribution in [0.25, 0.3) is 21.9 Å². The first-order chi connectivity index (χ1) is 12.8. The molecule has 4 aromatic rings. The lowest BCUT2D eigenvalue weighted by Crippen LogP contribution is -2.01. The van der Waals surface area contributed by atoms with E-state index in [1.54, 1.807) is 0 Å². The standard InChI is InChI=1S/C23H20N2O/c1-24-14-13-21(18-7-3-2-4-8-18)25-16-17-11-12-20-19-9-5-6-10-22(19)26-23(20)15-17/h2-15,24H,16H2,1H3/b14-13-,25-21+. The number of allylic oxidation sites excluding steroid dienone is 1. The summed E-state index contributed by atoms with van der Waals surface area (Å²) in [4.78, 5) is 4.81. The van der Waals surface area contributed by atoms with Crippen molar-refractivity contribution in [3.05, 3.63) is 96.2 Å². The molecule has 0 aliphatic rings. The minimum absolute atomic E-state index is 0.602. The van der Waals surface area contributed by atoms with Crippen LogP contribution in [0.1, 0.15) is 11.1 Å². The third-order valence-corrected chi connectivity index (χ3v) is 4.35. The Balaban J connectivity index is 1.67. The number of nitrogens with one attached hydrogen (secondary N) is 1. The summed E-state index contributed by atoms with van der Waals surface area (Å²) >= 11 is 0.